The van der Waals surface area contributed by atoms with Crippen LogP contribution in [0.4, 0.5) is 0 Å². The highest BCUT2D eigenvalue weighted by Gasteiger charge is 2.40. The van der Waals surface area contributed by atoms with Crippen molar-refractivity contribution in [1.29, 1.82) is 0 Å². The summed E-state index contributed by atoms with van der Waals surface area (Å²) in [6.07, 6.45) is 2.92. The lowest BCUT2D eigenvalue weighted by atomic mass is 10.0. The van der Waals surface area contributed by atoms with Gasteiger partial charge in [0.1, 0.15) is 42.0 Å². The van der Waals surface area contributed by atoms with E-state index in [1.54, 1.807) is 18.3 Å². The highest BCUT2D eigenvalue weighted by molar-refractivity contribution is 5.98. The van der Waals surface area contributed by atoms with Crippen LogP contribution in [-0.2, 0) is 41.6 Å². The summed E-state index contributed by atoms with van der Waals surface area (Å²) in [5.74, 6) is -4.14. The molecule has 52 heavy (non-hydrogen) atoms. The van der Waals surface area contributed by atoms with E-state index in [0.29, 0.717) is 30.4 Å². The van der Waals surface area contributed by atoms with Crippen molar-refractivity contribution >= 4 is 46.3 Å². The third kappa shape index (κ3) is 9.05. The van der Waals surface area contributed by atoms with Crippen molar-refractivity contribution in [3.05, 3.63) is 65.9 Å². The topological polar surface area (TPSA) is 248 Å². The Bertz CT molecular complexity index is 1780. The van der Waals surface area contributed by atoms with E-state index < -0.39 is 78.3 Å². The van der Waals surface area contributed by atoms with Gasteiger partial charge in [-0.05, 0) is 68.5 Å². The Hall–Kier alpha value is -5.48. The second-order valence-electron chi connectivity index (χ2n) is 13.2. The van der Waals surface area contributed by atoms with Crippen molar-refractivity contribution < 1.29 is 39.0 Å². The van der Waals surface area contributed by atoms with E-state index in [9.17, 15) is 39.0 Å². The van der Waals surface area contributed by atoms with Crippen molar-refractivity contribution in [1.82, 2.24) is 36.5 Å². The SMILES string of the molecule is C[C@H]1NC(=O)[C@@H]2CCCN2C(=O)[C@H](Cc2ccc(O)cc2)NC(=O)[C@H](CCCN)NC(=O)[C@H](Cc2c[nH]c3ccccc23)NC(=O)[C@H](CO)NC1=O. The fourth-order valence-corrected chi connectivity index (χ4v) is 6.57. The van der Waals surface area contributed by atoms with Crippen molar-refractivity contribution in [2.75, 3.05) is 19.7 Å². The van der Waals surface area contributed by atoms with E-state index in [-0.39, 0.29) is 38.1 Å². The number of carbonyl (C=O) groups excluding carboxylic acids is 6. The predicted molar refractivity (Wildman–Crippen MR) is 189 cm³/mol. The number of phenols is 1. The molecule has 1 aromatic heterocycles. The first-order chi connectivity index (χ1) is 25.0. The van der Waals surface area contributed by atoms with E-state index in [2.05, 4.69) is 31.6 Å². The highest BCUT2D eigenvalue weighted by Crippen LogP contribution is 2.22. The Kier molecular flexibility index (Phi) is 12.5. The van der Waals surface area contributed by atoms with Crippen molar-refractivity contribution in [2.45, 2.75) is 81.7 Å². The number of aliphatic hydroxyl groups excluding tert-OH is 1. The molecule has 0 radical (unpaired) electrons. The number of phenolic OH excluding ortho intramolecular Hbond substituents is 1. The number of aromatic amines is 1. The Morgan fingerprint density at radius 3 is 2.15 bits per heavy atom. The lowest BCUT2D eigenvalue weighted by Gasteiger charge is -2.31. The number of H-pyrrole nitrogens is 1. The number of fused-ring (bicyclic) bond motifs is 2. The van der Waals surface area contributed by atoms with Gasteiger partial charge in [0.2, 0.25) is 35.4 Å². The van der Waals surface area contributed by atoms with Gasteiger partial charge in [-0.15, -0.1) is 0 Å². The molecule has 0 unspecified atom stereocenters. The number of aliphatic hydroxyl groups is 1. The Morgan fingerprint density at radius 2 is 1.42 bits per heavy atom. The molecule has 16 heteroatoms. The van der Waals surface area contributed by atoms with Crippen LogP contribution in [0.2, 0.25) is 0 Å². The fraction of sp³-hybridized carbons (Fsp3) is 0.444. The van der Waals surface area contributed by atoms with Gasteiger partial charge < -0.3 is 52.4 Å². The minimum absolute atomic E-state index is 0.00779. The van der Waals surface area contributed by atoms with Crippen LogP contribution in [0.3, 0.4) is 0 Å². The number of aromatic hydroxyl groups is 1. The molecule has 2 fully saturated rings. The molecule has 0 bridgehead atoms. The summed E-state index contributed by atoms with van der Waals surface area (Å²) in [5, 5.41) is 33.9. The molecular formula is C36H46N8O8. The third-order valence-electron chi connectivity index (χ3n) is 9.46. The quantitative estimate of drug-likeness (QED) is 0.136. The second kappa shape index (κ2) is 17.2. The van der Waals surface area contributed by atoms with Gasteiger partial charge in [-0.2, -0.15) is 0 Å². The van der Waals surface area contributed by atoms with E-state index in [1.807, 2.05) is 24.3 Å². The zero-order valence-electron chi connectivity index (χ0n) is 28.9. The van der Waals surface area contributed by atoms with Gasteiger partial charge in [-0.25, -0.2) is 0 Å². The molecule has 0 spiro atoms. The summed E-state index contributed by atoms with van der Waals surface area (Å²) in [5.41, 5.74) is 7.88. The average Bonchev–Trinajstić information content (AvgIpc) is 3.79. The molecule has 3 aromatic rings. The summed E-state index contributed by atoms with van der Waals surface area (Å²) in [7, 11) is 0. The fourth-order valence-electron chi connectivity index (χ4n) is 6.57. The van der Waals surface area contributed by atoms with E-state index in [0.717, 1.165) is 10.9 Å². The van der Waals surface area contributed by atoms with Crippen LogP contribution in [0, 0.1) is 0 Å². The number of para-hydroxylation sites is 1. The molecule has 2 saturated heterocycles. The first-order valence-corrected chi connectivity index (χ1v) is 17.4. The van der Waals surface area contributed by atoms with Crippen LogP contribution in [0.5, 0.6) is 5.75 Å². The molecule has 10 N–H and O–H groups in total. The molecule has 3 heterocycles. The Morgan fingerprint density at radius 1 is 0.769 bits per heavy atom. The van der Waals surface area contributed by atoms with E-state index in [1.165, 1.54) is 24.0 Å². The van der Waals surface area contributed by atoms with Gasteiger partial charge in [0.15, 0.2) is 0 Å². The maximum Gasteiger partial charge on any atom is 0.246 e. The predicted octanol–water partition coefficient (Wildman–Crippen LogP) is -1.16. The van der Waals surface area contributed by atoms with Crippen LogP contribution in [0.25, 0.3) is 10.9 Å². The number of rotatable bonds is 8. The number of nitrogens with zero attached hydrogens (tertiary/aromatic N) is 1. The summed E-state index contributed by atoms with van der Waals surface area (Å²) >= 11 is 0. The standard InChI is InChI=1S/C36H46N8O8/c1-20-31(47)43-29(19-45)34(50)41-27(17-22-18-38-25-7-3-2-6-24(22)25)33(49)40-26(8-4-14-37)32(48)42-28(16-21-10-12-23(46)13-11-21)36(52)44-15-5-9-30(44)35(51)39-20/h2-3,6-7,10-13,18,20,26-30,38,45-46H,4-5,8-9,14-17,19,37H2,1H3,(H,39,51)(H,40,49)(H,41,50)(H,42,48)(H,43,47)/t20-,26+,27+,28+,29+,30+/m1/s1. The molecule has 6 atom stereocenters. The molecule has 0 aliphatic carbocycles. The maximum absolute atomic E-state index is 14.2. The minimum atomic E-state index is -1.48. The van der Waals surface area contributed by atoms with Crippen LogP contribution in [0.15, 0.2) is 54.7 Å². The lowest BCUT2D eigenvalue weighted by Crippen LogP contribution is -2.62. The molecule has 6 amide bonds. The number of hydrogen-bond acceptors (Lipinski definition) is 9. The monoisotopic (exact) mass is 718 g/mol. The molecule has 278 valence electrons. The van der Waals surface area contributed by atoms with Gasteiger partial charge in [0.05, 0.1) is 6.61 Å². The van der Waals surface area contributed by atoms with E-state index >= 15 is 0 Å². The molecule has 16 nitrogen and oxygen atoms in total. The van der Waals surface area contributed by atoms with Crippen LogP contribution in [0.1, 0.15) is 43.7 Å². The average molecular weight is 719 g/mol. The Balaban J connectivity index is 1.51. The molecule has 0 saturated carbocycles. The third-order valence-corrected chi connectivity index (χ3v) is 9.46. The molecular weight excluding hydrogens is 672 g/mol. The van der Waals surface area contributed by atoms with Crippen LogP contribution >= 0.6 is 0 Å². The normalized spacial score (nSPS) is 25.3. The number of carbonyl (C=O) groups is 6. The Labute approximate surface area is 300 Å². The number of nitrogens with two attached hydrogens (primary N) is 1. The zero-order chi connectivity index (χ0) is 37.4. The molecule has 5 rings (SSSR count). The van der Waals surface area contributed by atoms with Gasteiger partial charge in [0, 0.05) is 36.5 Å². The van der Waals surface area contributed by atoms with Gasteiger partial charge in [0.25, 0.3) is 0 Å². The largest absolute Gasteiger partial charge is 0.508 e. The summed E-state index contributed by atoms with van der Waals surface area (Å²) < 4.78 is 0. The van der Waals surface area contributed by atoms with Crippen molar-refractivity contribution in [2.24, 2.45) is 5.73 Å². The minimum Gasteiger partial charge on any atom is -0.508 e. The summed E-state index contributed by atoms with van der Waals surface area (Å²) in [6.45, 7) is 1.01. The number of hydrogen-bond donors (Lipinski definition) is 9. The first-order valence-electron chi connectivity index (χ1n) is 17.4. The number of amides is 6. The first kappa shape index (κ1) is 37.8. The zero-order valence-corrected chi connectivity index (χ0v) is 28.9. The van der Waals surface area contributed by atoms with Gasteiger partial charge in [-0.1, -0.05) is 30.3 Å². The maximum atomic E-state index is 14.2. The molecule has 2 aromatic carbocycles. The number of aromatic nitrogens is 1. The number of nitrogens with one attached hydrogen (secondary N) is 6. The lowest BCUT2D eigenvalue weighted by molar-refractivity contribution is -0.142. The second-order valence-corrected chi connectivity index (χ2v) is 13.2. The number of benzene rings is 2. The van der Waals surface area contributed by atoms with E-state index in [4.69, 9.17) is 5.73 Å². The smallest absolute Gasteiger partial charge is 0.246 e. The molecule has 2 aliphatic heterocycles. The van der Waals surface area contributed by atoms with Gasteiger partial charge in [-0.3, -0.25) is 28.8 Å². The van der Waals surface area contributed by atoms with Crippen LogP contribution < -0.4 is 32.3 Å². The summed E-state index contributed by atoms with van der Waals surface area (Å²) in [6, 6.07) is 6.28. The van der Waals surface area contributed by atoms with Crippen LogP contribution in [-0.4, -0.2) is 111 Å². The van der Waals surface area contributed by atoms with Gasteiger partial charge >= 0.3 is 0 Å². The molecule has 2 aliphatic rings. The summed E-state index contributed by atoms with van der Waals surface area (Å²) in [4.78, 5) is 86.9. The van der Waals surface area contributed by atoms with Crippen molar-refractivity contribution in [3.8, 4) is 5.75 Å². The van der Waals surface area contributed by atoms with Crippen molar-refractivity contribution in [3.63, 3.8) is 0 Å². The highest BCUT2D eigenvalue weighted by atomic mass is 16.3.